The molecule has 1 aliphatic heterocycles. The van der Waals surface area contributed by atoms with Crippen molar-refractivity contribution in [2.24, 2.45) is 5.92 Å². The third-order valence-electron chi connectivity index (χ3n) is 6.26. The first-order valence-electron chi connectivity index (χ1n) is 10.5. The maximum absolute atomic E-state index is 6.60. The molecule has 0 aromatic heterocycles. The molecule has 1 heterocycles. The van der Waals surface area contributed by atoms with Gasteiger partial charge < -0.3 is 14.8 Å². The molecule has 2 aliphatic rings. The van der Waals surface area contributed by atoms with Crippen molar-refractivity contribution >= 4 is 44.8 Å². The average Bonchev–Trinajstić information content (AvgIpc) is 3.30. The first-order chi connectivity index (χ1) is 15.6. The smallest absolute Gasteiger partial charge is 0.175 e. The van der Waals surface area contributed by atoms with Crippen LogP contribution < -0.4 is 14.8 Å². The molecule has 0 bridgehead atoms. The average molecular weight is 531 g/mol. The Balaban J connectivity index is 1.49. The zero-order valence-corrected chi connectivity index (χ0v) is 20.5. The van der Waals surface area contributed by atoms with Crippen LogP contribution in [-0.4, -0.2) is 7.11 Å². The van der Waals surface area contributed by atoms with Crippen molar-refractivity contribution in [3.8, 4) is 11.5 Å². The van der Waals surface area contributed by atoms with E-state index < -0.39 is 0 Å². The van der Waals surface area contributed by atoms with Gasteiger partial charge in [0.2, 0.25) is 0 Å². The highest BCUT2D eigenvalue weighted by Crippen LogP contribution is 2.53. The Morgan fingerprint density at radius 2 is 1.91 bits per heavy atom. The van der Waals surface area contributed by atoms with Crippen LogP contribution in [-0.2, 0) is 6.61 Å². The Kier molecular flexibility index (Phi) is 6.11. The van der Waals surface area contributed by atoms with E-state index in [9.17, 15) is 0 Å². The number of anilines is 1. The van der Waals surface area contributed by atoms with Gasteiger partial charge in [-0.1, -0.05) is 71.8 Å². The molecule has 0 spiro atoms. The Morgan fingerprint density at radius 1 is 1.09 bits per heavy atom. The minimum absolute atomic E-state index is 0.0619. The lowest BCUT2D eigenvalue weighted by atomic mass is 9.77. The predicted molar refractivity (Wildman–Crippen MR) is 134 cm³/mol. The summed E-state index contributed by atoms with van der Waals surface area (Å²) in [6.07, 6.45) is 5.53. The predicted octanol–water partition coefficient (Wildman–Crippen LogP) is 8.17. The normalized spacial score (nSPS) is 20.9. The number of hydrogen-bond acceptors (Lipinski definition) is 3. The van der Waals surface area contributed by atoms with Crippen LogP contribution in [0.4, 0.5) is 5.69 Å². The van der Waals surface area contributed by atoms with Gasteiger partial charge in [0, 0.05) is 5.92 Å². The number of halogens is 3. The van der Waals surface area contributed by atoms with E-state index in [0.29, 0.717) is 40.0 Å². The molecule has 6 heteroatoms. The van der Waals surface area contributed by atoms with Crippen molar-refractivity contribution in [2.45, 2.75) is 25.0 Å². The highest BCUT2D eigenvalue weighted by Gasteiger charge is 2.39. The molecule has 1 aliphatic carbocycles. The second-order valence-electron chi connectivity index (χ2n) is 8.11. The third-order valence-corrected chi connectivity index (χ3v) is 7.66. The summed E-state index contributed by atoms with van der Waals surface area (Å²) in [4.78, 5) is 0. The van der Waals surface area contributed by atoms with E-state index in [1.165, 1.54) is 5.56 Å². The van der Waals surface area contributed by atoms with E-state index >= 15 is 0 Å². The Labute approximate surface area is 206 Å². The lowest BCUT2D eigenvalue weighted by Gasteiger charge is -2.38. The molecule has 3 nitrogen and oxygen atoms in total. The van der Waals surface area contributed by atoms with Crippen molar-refractivity contribution in [2.75, 3.05) is 12.4 Å². The number of methoxy groups -OCH3 is 1. The van der Waals surface area contributed by atoms with E-state index in [0.717, 1.165) is 27.7 Å². The molecule has 3 atom stereocenters. The summed E-state index contributed by atoms with van der Waals surface area (Å²) in [7, 11) is 1.67. The zero-order valence-electron chi connectivity index (χ0n) is 17.4. The van der Waals surface area contributed by atoms with Gasteiger partial charge in [-0.15, -0.1) is 0 Å². The molecule has 0 saturated carbocycles. The van der Waals surface area contributed by atoms with Crippen LogP contribution >= 0.6 is 39.1 Å². The minimum Gasteiger partial charge on any atom is -0.493 e. The second-order valence-corrected chi connectivity index (χ2v) is 9.75. The topological polar surface area (TPSA) is 30.5 Å². The maximum atomic E-state index is 6.60. The Bertz CT molecular complexity index is 1180. The summed E-state index contributed by atoms with van der Waals surface area (Å²) in [5.41, 5.74) is 4.32. The fraction of sp³-hybridized carbons (Fsp3) is 0.231. The lowest BCUT2D eigenvalue weighted by molar-refractivity contribution is 0.282. The molecule has 1 N–H and O–H groups in total. The second kappa shape index (κ2) is 9.01. The number of allylic oxidation sites excluding steroid dienone is 2. The van der Waals surface area contributed by atoms with Crippen LogP contribution in [0.1, 0.15) is 35.1 Å². The quantitative estimate of drug-likeness (QED) is 0.337. The van der Waals surface area contributed by atoms with Crippen LogP contribution in [0.25, 0.3) is 0 Å². The summed E-state index contributed by atoms with van der Waals surface area (Å²) in [5.74, 6) is 2.06. The van der Waals surface area contributed by atoms with Gasteiger partial charge in [-0.05, 0) is 63.2 Å². The van der Waals surface area contributed by atoms with Crippen LogP contribution in [0.5, 0.6) is 11.5 Å². The highest BCUT2D eigenvalue weighted by atomic mass is 79.9. The summed E-state index contributed by atoms with van der Waals surface area (Å²) in [6, 6.07) is 18.3. The zero-order chi connectivity index (χ0) is 22.2. The number of nitrogens with one attached hydrogen (secondary N) is 1. The summed E-state index contributed by atoms with van der Waals surface area (Å²) in [6.45, 7) is 0.465. The number of benzene rings is 3. The molecule has 0 radical (unpaired) electrons. The van der Waals surface area contributed by atoms with Gasteiger partial charge in [-0.25, -0.2) is 0 Å². The minimum atomic E-state index is 0.0619. The molecule has 3 aromatic carbocycles. The van der Waals surface area contributed by atoms with Gasteiger partial charge in [0.15, 0.2) is 11.5 Å². The highest BCUT2D eigenvalue weighted by molar-refractivity contribution is 9.10. The molecule has 0 unspecified atom stereocenters. The monoisotopic (exact) mass is 529 g/mol. The molecule has 0 saturated heterocycles. The van der Waals surface area contributed by atoms with E-state index in [2.05, 4.69) is 51.6 Å². The van der Waals surface area contributed by atoms with Gasteiger partial charge in [-0.2, -0.15) is 0 Å². The van der Waals surface area contributed by atoms with E-state index in [4.69, 9.17) is 32.7 Å². The van der Waals surface area contributed by atoms with Gasteiger partial charge in [0.1, 0.15) is 6.61 Å². The Hall–Kier alpha value is -2.14. The van der Waals surface area contributed by atoms with Crippen molar-refractivity contribution in [1.82, 2.24) is 0 Å². The maximum Gasteiger partial charge on any atom is 0.175 e. The van der Waals surface area contributed by atoms with Crippen LogP contribution in [0.2, 0.25) is 10.0 Å². The molecule has 0 amide bonds. The van der Waals surface area contributed by atoms with Crippen LogP contribution in [0, 0.1) is 5.92 Å². The molecule has 32 heavy (non-hydrogen) atoms. The van der Waals surface area contributed by atoms with Crippen molar-refractivity contribution in [3.63, 3.8) is 0 Å². The molecular weight excluding hydrogens is 509 g/mol. The van der Waals surface area contributed by atoms with Gasteiger partial charge >= 0.3 is 0 Å². The van der Waals surface area contributed by atoms with Crippen LogP contribution in [0.3, 0.4) is 0 Å². The SMILES string of the molecule is COc1cc([C@@H]2Nc3c(ccc(Cl)c3Cl)[C@@H]3C=CC[C@@H]32)cc(Br)c1OCc1ccccc1. The van der Waals surface area contributed by atoms with E-state index in [1.807, 2.05) is 36.4 Å². The first kappa shape index (κ1) is 21.7. The molecule has 164 valence electrons. The summed E-state index contributed by atoms with van der Waals surface area (Å²) >= 11 is 16.6. The van der Waals surface area contributed by atoms with Crippen molar-refractivity contribution < 1.29 is 9.47 Å². The van der Waals surface area contributed by atoms with E-state index in [1.54, 1.807) is 7.11 Å². The Morgan fingerprint density at radius 3 is 2.69 bits per heavy atom. The fourth-order valence-electron chi connectivity index (χ4n) is 4.72. The summed E-state index contributed by atoms with van der Waals surface area (Å²) in [5, 5.41) is 4.80. The standard InChI is InChI=1S/C26H22BrCl2NO2/c1-31-22-13-16(12-20(27)26(22)32-14-15-6-3-2-4-7-15)24-18-9-5-8-17(18)19-10-11-21(28)23(29)25(19)30-24/h2-8,10-13,17-18,24,30H,9,14H2,1H3/t17-,18+,24+/m1/s1. The number of rotatable bonds is 5. The van der Waals surface area contributed by atoms with Gasteiger partial charge in [-0.3, -0.25) is 0 Å². The molecule has 5 rings (SSSR count). The number of hydrogen-bond donors (Lipinski definition) is 1. The van der Waals surface area contributed by atoms with Gasteiger partial charge in [0.25, 0.3) is 0 Å². The third kappa shape index (κ3) is 3.89. The molecule has 3 aromatic rings. The number of ether oxygens (including phenoxy) is 2. The molecule has 0 fully saturated rings. The lowest BCUT2D eigenvalue weighted by Crippen LogP contribution is -2.29. The molecular formula is C26H22BrCl2NO2. The van der Waals surface area contributed by atoms with Crippen molar-refractivity contribution in [3.05, 3.63) is 98.0 Å². The van der Waals surface area contributed by atoms with Gasteiger partial charge in [0.05, 0.1) is 33.4 Å². The van der Waals surface area contributed by atoms with Crippen molar-refractivity contribution in [1.29, 1.82) is 0 Å². The van der Waals surface area contributed by atoms with Crippen LogP contribution in [0.15, 0.2) is 71.2 Å². The van der Waals surface area contributed by atoms with E-state index in [-0.39, 0.29) is 6.04 Å². The fourth-order valence-corrected chi connectivity index (χ4v) is 5.68. The number of fused-ring (bicyclic) bond motifs is 3. The summed E-state index contributed by atoms with van der Waals surface area (Å²) < 4.78 is 12.7. The first-order valence-corrected chi connectivity index (χ1v) is 12.1. The largest absolute Gasteiger partial charge is 0.493 e.